The number of carbonyl (C=O) groups excluding carboxylic acids is 1. The van der Waals surface area contributed by atoms with Crippen LogP contribution in [0.1, 0.15) is 17.3 Å². The van der Waals surface area contributed by atoms with Crippen LogP contribution in [-0.2, 0) is 9.84 Å². The molecule has 0 aliphatic rings. The molecule has 7 heteroatoms. The fraction of sp³-hybridized carbons (Fsp3) is 0.222. The summed E-state index contributed by atoms with van der Waals surface area (Å²) in [5.41, 5.74) is 1.63. The topological polar surface area (TPSA) is 78.8 Å². The highest BCUT2D eigenvalue weighted by atomic mass is 32.2. The smallest absolute Gasteiger partial charge is 0.256 e. The van der Waals surface area contributed by atoms with Crippen LogP contribution in [0.5, 0.6) is 0 Å². The van der Waals surface area contributed by atoms with E-state index in [4.69, 9.17) is 0 Å². The van der Waals surface area contributed by atoms with Gasteiger partial charge in [0.15, 0.2) is 9.84 Å². The Hall–Kier alpha value is -2.67. The van der Waals surface area contributed by atoms with E-state index in [0.717, 1.165) is 17.8 Å². The molecule has 0 unspecified atom stereocenters. The van der Waals surface area contributed by atoms with Crippen molar-refractivity contribution in [2.75, 3.05) is 30.6 Å². The van der Waals surface area contributed by atoms with Crippen LogP contribution in [0, 0.1) is 0 Å². The summed E-state index contributed by atoms with van der Waals surface area (Å²) in [5, 5.41) is 2.73. The number of hydrogen-bond donors (Lipinski definition) is 1. The molecule has 0 aliphatic carbocycles. The van der Waals surface area contributed by atoms with Crippen molar-refractivity contribution in [3.63, 3.8) is 0 Å². The van der Waals surface area contributed by atoms with Crippen molar-refractivity contribution in [1.29, 1.82) is 0 Å². The van der Waals surface area contributed by atoms with Gasteiger partial charge in [-0.25, -0.2) is 8.42 Å². The Morgan fingerprint density at radius 3 is 2.24 bits per heavy atom. The summed E-state index contributed by atoms with van der Waals surface area (Å²) in [6.45, 7) is 1.90. The molecule has 2 aromatic rings. The van der Waals surface area contributed by atoms with E-state index in [1.165, 1.54) is 12.1 Å². The van der Waals surface area contributed by atoms with Crippen LogP contribution in [0.4, 0.5) is 11.4 Å². The zero-order valence-electron chi connectivity index (χ0n) is 14.6. The first kappa shape index (κ1) is 18.7. The largest absolute Gasteiger partial charge is 0.334 e. The molecular formula is C18H21N3O3S. The number of sulfone groups is 1. The van der Waals surface area contributed by atoms with Gasteiger partial charge >= 0.3 is 0 Å². The van der Waals surface area contributed by atoms with Gasteiger partial charge in [-0.1, -0.05) is 12.1 Å². The number of benzene rings is 2. The predicted octanol–water partition coefficient (Wildman–Crippen LogP) is 2.83. The second kappa shape index (κ2) is 7.48. The zero-order chi connectivity index (χ0) is 18.6. The van der Waals surface area contributed by atoms with E-state index in [-0.39, 0.29) is 10.5 Å². The lowest BCUT2D eigenvalue weighted by Crippen LogP contribution is -2.23. The normalized spacial score (nSPS) is 11.9. The number of carbonyl (C=O) groups is 1. The van der Waals surface area contributed by atoms with E-state index in [1.807, 2.05) is 31.0 Å². The summed E-state index contributed by atoms with van der Waals surface area (Å²) < 4.78 is 23.7. The fourth-order valence-electron chi connectivity index (χ4n) is 2.28. The summed E-state index contributed by atoms with van der Waals surface area (Å²) in [7, 11) is 0.141. The van der Waals surface area contributed by atoms with E-state index in [9.17, 15) is 13.2 Å². The molecule has 6 nitrogen and oxygen atoms in total. The van der Waals surface area contributed by atoms with Crippen LogP contribution >= 0.6 is 0 Å². The van der Waals surface area contributed by atoms with Crippen molar-refractivity contribution in [2.24, 2.45) is 4.99 Å². The summed E-state index contributed by atoms with van der Waals surface area (Å²) in [4.78, 5) is 18.5. The lowest BCUT2D eigenvalue weighted by atomic mass is 10.2. The molecule has 0 aromatic heterocycles. The molecule has 0 radical (unpaired) electrons. The molecule has 2 aromatic carbocycles. The number of amides is 1. The molecular weight excluding hydrogens is 338 g/mol. The first-order valence-electron chi connectivity index (χ1n) is 7.61. The maximum absolute atomic E-state index is 12.4. The van der Waals surface area contributed by atoms with Crippen LogP contribution in [0.2, 0.25) is 0 Å². The van der Waals surface area contributed by atoms with Gasteiger partial charge in [-0.15, -0.1) is 0 Å². The Bertz CT molecular complexity index is 903. The number of hydrogen-bond acceptors (Lipinski definition) is 4. The van der Waals surface area contributed by atoms with Gasteiger partial charge in [-0.05, 0) is 43.3 Å². The van der Waals surface area contributed by atoms with Crippen LogP contribution in [0.25, 0.3) is 0 Å². The summed E-state index contributed by atoms with van der Waals surface area (Å²) in [5.74, 6) is 0.396. The van der Waals surface area contributed by atoms with Gasteiger partial charge in [0.05, 0.1) is 16.3 Å². The number of nitrogens with one attached hydrogen (secondary N) is 1. The van der Waals surface area contributed by atoms with E-state index in [0.29, 0.717) is 5.69 Å². The van der Waals surface area contributed by atoms with Crippen molar-refractivity contribution in [1.82, 2.24) is 0 Å². The van der Waals surface area contributed by atoms with Gasteiger partial charge in [0.2, 0.25) is 0 Å². The maximum Gasteiger partial charge on any atom is 0.256 e. The van der Waals surface area contributed by atoms with Gasteiger partial charge < -0.3 is 10.2 Å². The monoisotopic (exact) mass is 359 g/mol. The average Bonchev–Trinajstić information content (AvgIpc) is 2.60. The molecule has 0 spiro atoms. The summed E-state index contributed by atoms with van der Waals surface area (Å²) in [6.07, 6.45) is 1.08. The number of anilines is 2. The Morgan fingerprint density at radius 1 is 1.08 bits per heavy atom. The van der Waals surface area contributed by atoms with E-state index < -0.39 is 15.7 Å². The number of aliphatic imine (C=N–C) groups is 1. The number of rotatable bonds is 4. The number of nitrogens with zero attached hydrogens (tertiary/aromatic N) is 2. The van der Waals surface area contributed by atoms with E-state index in [2.05, 4.69) is 10.3 Å². The quantitative estimate of drug-likeness (QED) is 0.672. The molecule has 0 bridgehead atoms. The molecule has 1 N–H and O–H groups in total. The van der Waals surface area contributed by atoms with Crippen LogP contribution in [-0.4, -0.2) is 40.5 Å². The third-order valence-electron chi connectivity index (χ3n) is 3.85. The molecule has 0 fully saturated rings. The second-order valence-corrected chi connectivity index (χ2v) is 7.58. The SMILES string of the molecule is CN=C(C)N(C)c1ccc(NC(=O)c2ccccc2S(C)(=O)=O)cc1. The van der Waals surface area contributed by atoms with Crippen molar-refractivity contribution in [2.45, 2.75) is 11.8 Å². The molecule has 1 amide bonds. The third kappa shape index (κ3) is 4.45. The first-order chi connectivity index (χ1) is 11.7. The standard InChI is InChI=1S/C18H21N3O3S/c1-13(19-2)21(3)15-11-9-14(10-12-15)20-18(22)16-7-5-6-8-17(16)25(4,23)24/h5-12H,1-4H3,(H,20,22). The van der Waals surface area contributed by atoms with Crippen LogP contribution < -0.4 is 10.2 Å². The molecule has 25 heavy (non-hydrogen) atoms. The van der Waals surface area contributed by atoms with Crippen molar-refractivity contribution in [3.8, 4) is 0 Å². The van der Waals surface area contributed by atoms with Gasteiger partial charge in [0, 0.05) is 31.7 Å². The maximum atomic E-state index is 12.4. The molecule has 0 atom stereocenters. The van der Waals surface area contributed by atoms with Gasteiger partial charge in [0.25, 0.3) is 5.91 Å². The minimum atomic E-state index is -3.48. The van der Waals surface area contributed by atoms with Crippen molar-refractivity contribution in [3.05, 3.63) is 54.1 Å². The minimum Gasteiger partial charge on any atom is -0.334 e. The zero-order valence-corrected chi connectivity index (χ0v) is 15.5. The molecule has 132 valence electrons. The Labute approximate surface area is 148 Å². The van der Waals surface area contributed by atoms with E-state index >= 15 is 0 Å². The van der Waals surface area contributed by atoms with Gasteiger partial charge in [-0.3, -0.25) is 9.79 Å². The van der Waals surface area contributed by atoms with Crippen LogP contribution in [0.3, 0.4) is 0 Å². The lowest BCUT2D eigenvalue weighted by molar-refractivity contribution is 0.102. The lowest BCUT2D eigenvalue weighted by Gasteiger charge is -2.18. The predicted molar refractivity (Wildman–Crippen MR) is 101 cm³/mol. The Kier molecular flexibility index (Phi) is 5.58. The average molecular weight is 359 g/mol. The summed E-state index contributed by atoms with van der Waals surface area (Å²) in [6, 6.07) is 13.4. The van der Waals surface area contributed by atoms with Gasteiger partial charge in [-0.2, -0.15) is 0 Å². The Morgan fingerprint density at radius 2 is 1.68 bits per heavy atom. The highest BCUT2D eigenvalue weighted by molar-refractivity contribution is 7.90. The highest BCUT2D eigenvalue weighted by Crippen LogP contribution is 2.20. The molecule has 0 heterocycles. The molecule has 0 saturated carbocycles. The third-order valence-corrected chi connectivity index (χ3v) is 5.01. The Balaban J connectivity index is 2.23. The fourth-order valence-corrected chi connectivity index (χ4v) is 3.17. The second-order valence-electron chi connectivity index (χ2n) is 5.60. The van der Waals surface area contributed by atoms with Gasteiger partial charge in [0.1, 0.15) is 0 Å². The summed E-state index contributed by atoms with van der Waals surface area (Å²) >= 11 is 0. The van der Waals surface area contributed by atoms with Crippen molar-refractivity contribution < 1.29 is 13.2 Å². The van der Waals surface area contributed by atoms with Crippen molar-refractivity contribution >= 4 is 33.0 Å². The number of amidine groups is 1. The van der Waals surface area contributed by atoms with Crippen LogP contribution in [0.15, 0.2) is 58.4 Å². The molecule has 0 saturated heterocycles. The minimum absolute atomic E-state index is 0.0126. The van der Waals surface area contributed by atoms with E-state index in [1.54, 1.807) is 31.3 Å². The first-order valence-corrected chi connectivity index (χ1v) is 9.51. The molecule has 2 rings (SSSR count). The highest BCUT2D eigenvalue weighted by Gasteiger charge is 2.18. The molecule has 0 aliphatic heterocycles.